The van der Waals surface area contributed by atoms with Crippen LogP contribution in [0.4, 0.5) is 27.9 Å². The summed E-state index contributed by atoms with van der Waals surface area (Å²) >= 11 is 0. The highest BCUT2D eigenvalue weighted by Gasteiger charge is 2.46. The monoisotopic (exact) mass is 538 g/mol. The maximum Gasteiger partial charge on any atom is 0.410 e. The molecule has 4 heterocycles. The Morgan fingerprint density at radius 3 is 2.68 bits per heavy atom. The summed E-state index contributed by atoms with van der Waals surface area (Å²) in [4.78, 5) is 16.9. The highest BCUT2D eigenvalue weighted by Crippen LogP contribution is 2.36. The number of carbonyl (C=O) groups excluding carboxylic acids is 1. The van der Waals surface area contributed by atoms with Gasteiger partial charge in [-0.05, 0) is 37.1 Å². The van der Waals surface area contributed by atoms with Crippen molar-refractivity contribution in [1.82, 2.24) is 34.5 Å². The molecular formula is C23H23F5N8O2. The third-order valence-corrected chi connectivity index (χ3v) is 6.64. The molecule has 4 aromatic rings. The SMILES string of the molecule is COc1nc(N[C@@H]2CCN(C(C)=O)CC2(F)F)nn2ccc(-c3ccc4nnn([C@H](C)C(F)(F)F)c4c3)c12. The average Bonchev–Trinajstić information content (AvgIpc) is 3.47. The number of alkyl halides is 5. The van der Waals surface area contributed by atoms with Crippen molar-refractivity contribution in [1.29, 1.82) is 0 Å². The Labute approximate surface area is 212 Å². The van der Waals surface area contributed by atoms with Gasteiger partial charge in [0.2, 0.25) is 17.7 Å². The molecule has 1 aliphatic rings. The third kappa shape index (κ3) is 4.45. The van der Waals surface area contributed by atoms with Crippen LogP contribution >= 0.6 is 0 Å². The van der Waals surface area contributed by atoms with Crippen LogP contribution in [0.15, 0.2) is 30.5 Å². The molecule has 1 saturated heterocycles. The van der Waals surface area contributed by atoms with Gasteiger partial charge in [0.15, 0.2) is 0 Å². The molecule has 0 unspecified atom stereocenters. The minimum absolute atomic E-state index is 0.00863. The lowest BCUT2D eigenvalue weighted by molar-refractivity contribution is -0.164. The largest absolute Gasteiger partial charge is 0.479 e. The van der Waals surface area contributed by atoms with Crippen LogP contribution in [-0.4, -0.2) is 78.7 Å². The number of hydrogen-bond acceptors (Lipinski definition) is 7. The first-order chi connectivity index (χ1) is 17.9. The maximum absolute atomic E-state index is 14.7. The first kappa shape index (κ1) is 25.6. The molecule has 5 rings (SSSR count). The minimum Gasteiger partial charge on any atom is -0.479 e. The van der Waals surface area contributed by atoms with Crippen LogP contribution in [0.1, 0.15) is 26.3 Å². The van der Waals surface area contributed by atoms with Crippen LogP contribution in [0.2, 0.25) is 0 Å². The van der Waals surface area contributed by atoms with E-state index in [0.717, 1.165) is 16.5 Å². The van der Waals surface area contributed by atoms with E-state index < -0.39 is 36.6 Å². The van der Waals surface area contributed by atoms with Crippen LogP contribution < -0.4 is 10.1 Å². The zero-order chi connectivity index (χ0) is 27.4. The molecule has 1 aromatic carbocycles. The van der Waals surface area contributed by atoms with Gasteiger partial charge in [0, 0.05) is 25.2 Å². The number of halogens is 5. The Kier molecular flexibility index (Phi) is 6.10. The van der Waals surface area contributed by atoms with E-state index in [2.05, 4.69) is 25.7 Å². The molecule has 15 heteroatoms. The molecule has 0 bridgehead atoms. The summed E-state index contributed by atoms with van der Waals surface area (Å²) in [5, 5.41) is 14.5. The quantitative estimate of drug-likeness (QED) is 0.384. The van der Waals surface area contributed by atoms with Gasteiger partial charge < -0.3 is 15.0 Å². The molecule has 202 valence electrons. The van der Waals surface area contributed by atoms with E-state index in [1.54, 1.807) is 24.4 Å². The second-order valence-corrected chi connectivity index (χ2v) is 9.11. The Morgan fingerprint density at radius 1 is 1.26 bits per heavy atom. The fourth-order valence-corrected chi connectivity index (χ4v) is 4.50. The third-order valence-electron chi connectivity index (χ3n) is 6.64. The van der Waals surface area contributed by atoms with Crippen molar-refractivity contribution >= 4 is 28.4 Å². The normalized spacial score (nSPS) is 18.6. The summed E-state index contributed by atoms with van der Waals surface area (Å²) in [5.74, 6) is -3.67. The molecule has 3 aromatic heterocycles. The number of nitrogens with zero attached hydrogens (tertiary/aromatic N) is 7. The van der Waals surface area contributed by atoms with Gasteiger partial charge >= 0.3 is 6.18 Å². The molecular weight excluding hydrogens is 515 g/mol. The summed E-state index contributed by atoms with van der Waals surface area (Å²) in [7, 11) is 1.36. The number of likely N-dealkylation sites (tertiary alicyclic amines) is 1. The summed E-state index contributed by atoms with van der Waals surface area (Å²) < 4.78 is 77.1. The van der Waals surface area contributed by atoms with Gasteiger partial charge in [-0.25, -0.2) is 18.0 Å². The molecule has 2 atom stereocenters. The molecule has 1 N–H and O–H groups in total. The van der Waals surface area contributed by atoms with E-state index in [4.69, 9.17) is 4.74 Å². The molecule has 0 saturated carbocycles. The molecule has 0 spiro atoms. The van der Waals surface area contributed by atoms with Crippen LogP contribution in [0, 0.1) is 0 Å². The number of fused-ring (bicyclic) bond motifs is 2. The molecule has 1 aliphatic heterocycles. The van der Waals surface area contributed by atoms with Crippen LogP contribution in [-0.2, 0) is 4.79 Å². The van der Waals surface area contributed by atoms with Crippen molar-refractivity contribution < 1.29 is 31.5 Å². The van der Waals surface area contributed by atoms with Crippen molar-refractivity contribution in [3.05, 3.63) is 30.5 Å². The molecule has 0 aliphatic carbocycles. The van der Waals surface area contributed by atoms with E-state index in [9.17, 15) is 26.7 Å². The Morgan fingerprint density at radius 2 is 2.03 bits per heavy atom. The van der Waals surface area contributed by atoms with E-state index in [1.807, 2.05) is 0 Å². The number of aromatic nitrogens is 6. The lowest BCUT2D eigenvalue weighted by Gasteiger charge is -2.38. The highest BCUT2D eigenvalue weighted by atomic mass is 19.4. The van der Waals surface area contributed by atoms with Gasteiger partial charge in [-0.1, -0.05) is 11.3 Å². The number of methoxy groups -OCH3 is 1. The zero-order valence-corrected chi connectivity index (χ0v) is 20.5. The Bertz CT molecular complexity index is 1520. The van der Waals surface area contributed by atoms with Gasteiger partial charge in [0.25, 0.3) is 5.92 Å². The van der Waals surface area contributed by atoms with Gasteiger partial charge in [0.05, 0.1) is 25.2 Å². The number of benzene rings is 1. The summed E-state index contributed by atoms with van der Waals surface area (Å²) in [6.45, 7) is 1.69. The molecule has 38 heavy (non-hydrogen) atoms. The number of carbonyl (C=O) groups is 1. The summed E-state index contributed by atoms with van der Waals surface area (Å²) in [6, 6.07) is 3.23. The number of anilines is 1. The number of rotatable bonds is 5. The van der Waals surface area contributed by atoms with Crippen LogP contribution in [0.25, 0.3) is 27.7 Å². The zero-order valence-electron chi connectivity index (χ0n) is 20.5. The summed E-state index contributed by atoms with van der Waals surface area (Å²) in [6.07, 6.45) is -2.96. The minimum atomic E-state index is -4.51. The highest BCUT2D eigenvalue weighted by molar-refractivity contribution is 5.89. The van der Waals surface area contributed by atoms with E-state index in [-0.39, 0.29) is 30.3 Å². The van der Waals surface area contributed by atoms with E-state index >= 15 is 0 Å². The lowest BCUT2D eigenvalue weighted by atomic mass is 10.0. The van der Waals surface area contributed by atoms with Crippen molar-refractivity contribution in [3.63, 3.8) is 0 Å². The van der Waals surface area contributed by atoms with Crippen molar-refractivity contribution in [3.8, 4) is 17.0 Å². The summed E-state index contributed by atoms with van der Waals surface area (Å²) in [5.41, 5.74) is 1.94. The van der Waals surface area contributed by atoms with Crippen LogP contribution in [0.5, 0.6) is 5.88 Å². The van der Waals surface area contributed by atoms with E-state index in [1.165, 1.54) is 24.6 Å². The molecule has 0 radical (unpaired) electrons. The van der Waals surface area contributed by atoms with Gasteiger partial charge in [-0.2, -0.15) is 18.2 Å². The average molecular weight is 538 g/mol. The Balaban J connectivity index is 1.50. The van der Waals surface area contributed by atoms with Crippen molar-refractivity contribution in [2.24, 2.45) is 0 Å². The number of piperidine rings is 1. The number of hydrogen-bond donors (Lipinski definition) is 1. The van der Waals surface area contributed by atoms with Crippen LogP contribution in [0.3, 0.4) is 0 Å². The number of amides is 1. The second kappa shape index (κ2) is 9.06. The second-order valence-electron chi connectivity index (χ2n) is 9.11. The Hall–Kier alpha value is -4.04. The standard InChI is InChI=1S/C23H23F5N8O2/c1-12(23(26,27)28)36-17-10-14(4-5-16(17)31-33-36)15-6-9-35-19(15)20(38-3)30-21(32-35)29-18-7-8-34(13(2)37)11-22(18,24)25/h4-6,9-10,12,18H,7-8,11H2,1-3H3,(H,29,32)/t12-,18-/m1/s1. The number of ether oxygens (including phenoxy) is 1. The molecule has 1 fully saturated rings. The smallest absolute Gasteiger partial charge is 0.410 e. The topological polar surface area (TPSA) is 102 Å². The van der Waals surface area contributed by atoms with Crippen molar-refractivity contribution in [2.75, 3.05) is 25.5 Å². The first-order valence-corrected chi connectivity index (χ1v) is 11.6. The maximum atomic E-state index is 14.7. The lowest BCUT2D eigenvalue weighted by Crippen LogP contribution is -2.55. The molecule has 10 nitrogen and oxygen atoms in total. The fourth-order valence-electron chi connectivity index (χ4n) is 4.50. The predicted octanol–water partition coefficient (Wildman–Crippen LogP) is 3.94. The molecule has 1 amide bonds. The van der Waals surface area contributed by atoms with E-state index in [0.29, 0.717) is 22.2 Å². The van der Waals surface area contributed by atoms with Crippen molar-refractivity contribution in [2.45, 2.75) is 44.5 Å². The van der Waals surface area contributed by atoms with Gasteiger partial charge in [-0.15, -0.1) is 10.2 Å². The fraction of sp³-hybridized carbons (Fsp3) is 0.435. The van der Waals surface area contributed by atoms with Gasteiger partial charge in [-0.3, -0.25) is 4.79 Å². The first-order valence-electron chi connectivity index (χ1n) is 11.6. The predicted molar refractivity (Wildman–Crippen MR) is 126 cm³/mol. The number of nitrogens with one attached hydrogen (secondary N) is 1. The van der Waals surface area contributed by atoms with Gasteiger partial charge in [0.1, 0.15) is 17.1 Å².